The summed E-state index contributed by atoms with van der Waals surface area (Å²) in [5.74, 6) is -2.31. The molecule has 12 nitrogen and oxygen atoms in total. The van der Waals surface area contributed by atoms with Gasteiger partial charge < -0.3 is 10.2 Å². The third-order valence-corrected chi connectivity index (χ3v) is 2.87. The molecule has 28 heavy (non-hydrogen) atoms. The van der Waals surface area contributed by atoms with Gasteiger partial charge in [0.2, 0.25) is 0 Å². The number of carboxylic acids is 2. The predicted octanol–water partition coefficient (Wildman–Crippen LogP) is 2.31. The second-order valence-corrected chi connectivity index (χ2v) is 7.22. The van der Waals surface area contributed by atoms with Gasteiger partial charge in [-0.2, -0.15) is 16.8 Å². The van der Waals surface area contributed by atoms with Gasteiger partial charge in [-0.15, -0.1) is 0 Å². The first-order valence-electron chi connectivity index (χ1n) is 8.14. The van der Waals surface area contributed by atoms with Crippen LogP contribution in [0.5, 0.6) is 0 Å². The summed E-state index contributed by atoms with van der Waals surface area (Å²) >= 11 is 0. The highest BCUT2D eigenvalue weighted by Crippen LogP contribution is 2.13. The minimum atomic E-state index is -4.67. The lowest BCUT2D eigenvalue weighted by Crippen LogP contribution is -2.04. The van der Waals surface area contributed by atoms with Gasteiger partial charge in [0, 0.05) is 11.6 Å². The van der Waals surface area contributed by atoms with E-state index in [9.17, 15) is 9.59 Å². The van der Waals surface area contributed by atoms with Crippen LogP contribution in [0.15, 0.2) is 11.6 Å². The summed E-state index contributed by atoms with van der Waals surface area (Å²) in [5.41, 5.74) is -0.00603. The SMILES string of the molecule is CCCCCCCCCC/C(=C/C(=O)O)C(=O)O.O=S(=O)(O)O.O=S(=O)(O)O. The number of rotatable bonds is 11. The van der Waals surface area contributed by atoms with Crippen molar-refractivity contribution in [2.24, 2.45) is 0 Å². The van der Waals surface area contributed by atoms with E-state index in [1.165, 1.54) is 32.1 Å². The molecule has 0 saturated heterocycles. The Labute approximate surface area is 164 Å². The zero-order chi connectivity index (χ0) is 22.8. The molecule has 0 bridgehead atoms. The van der Waals surface area contributed by atoms with Crippen molar-refractivity contribution in [1.82, 2.24) is 0 Å². The van der Waals surface area contributed by atoms with E-state index in [-0.39, 0.29) is 5.57 Å². The molecule has 0 spiro atoms. The van der Waals surface area contributed by atoms with Crippen LogP contribution in [-0.4, -0.2) is 57.2 Å². The first-order valence-corrected chi connectivity index (χ1v) is 10.9. The molecule has 0 heterocycles. The van der Waals surface area contributed by atoms with Crippen LogP contribution < -0.4 is 0 Å². The van der Waals surface area contributed by atoms with Crippen molar-refractivity contribution in [3.8, 4) is 0 Å². The van der Waals surface area contributed by atoms with Crippen LogP contribution in [0.3, 0.4) is 0 Å². The number of hydrogen-bond acceptors (Lipinski definition) is 6. The maximum Gasteiger partial charge on any atom is 0.394 e. The number of aliphatic carboxylic acids is 2. The van der Waals surface area contributed by atoms with Gasteiger partial charge in [-0.05, 0) is 12.8 Å². The maximum absolute atomic E-state index is 10.7. The summed E-state index contributed by atoms with van der Waals surface area (Å²) in [6.07, 6.45) is 10.2. The van der Waals surface area contributed by atoms with E-state index in [1.807, 2.05) is 0 Å². The fraction of sp³-hybridized carbons (Fsp3) is 0.714. The Morgan fingerprint density at radius 3 is 1.32 bits per heavy atom. The summed E-state index contributed by atoms with van der Waals surface area (Å²) in [7, 11) is -9.33. The zero-order valence-electron chi connectivity index (χ0n) is 15.4. The number of hydrogen-bond donors (Lipinski definition) is 6. The van der Waals surface area contributed by atoms with Crippen LogP contribution in [0, 0.1) is 0 Å². The lowest BCUT2D eigenvalue weighted by Gasteiger charge is -2.02. The highest BCUT2D eigenvalue weighted by molar-refractivity contribution is 7.80. The predicted molar refractivity (Wildman–Crippen MR) is 98.9 cm³/mol. The molecule has 0 aromatic rings. The Morgan fingerprint density at radius 1 is 0.714 bits per heavy atom. The van der Waals surface area contributed by atoms with E-state index in [0.29, 0.717) is 6.42 Å². The van der Waals surface area contributed by atoms with Crippen molar-refractivity contribution in [1.29, 1.82) is 0 Å². The number of carboxylic acid groups (broad SMARTS) is 2. The standard InChI is InChI=1S/C14H24O4.2H2O4S/c1-2-3-4-5-6-7-8-9-10-12(14(17)18)11-13(15)16;2*1-5(2,3)4/h11H,2-10H2,1H3,(H,15,16)(H,17,18);2*(H2,1,2,3,4)/b12-11-;;. The average Bonchev–Trinajstić information content (AvgIpc) is 2.44. The van der Waals surface area contributed by atoms with Crippen molar-refractivity contribution >= 4 is 32.7 Å². The molecule has 0 aromatic carbocycles. The number of unbranched alkanes of at least 4 members (excludes halogenated alkanes) is 7. The molecule has 0 fully saturated rings. The van der Waals surface area contributed by atoms with Crippen molar-refractivity contribution in [2.45, 2.75) is 64.7 Å². The maximum atomic E-state index is 10.7. The molecule has 14 heteroatoms. The molecule has 0 aromatic heterocycles. The fourth-order valence-corrected chi connectivity index (χ4v) is 1.84. The zero-order valence-corrected chi connectivity index (χ0v) is 17.0. The summed E-state index contributed by atoms with van der Waals surface area (Å²) in [5, 5.41) is 17.3. The molecular formula is C14H28O12S2. The van der Waals surface area contributed by atoms with Gasteiger partial charge in [-0.3, -0.25) is 18.2 Å². The van der Waals surface area contributed by atoms with E-state index >= 15 is 0 Å². The van der Waals surface area contributed by atoms with Gasteiger partial charge in [0.15, 0.2) is 0 Å². The summed E-state index contributed by atoms with van der Waals surface area (Å²) in [6.45, 7) is 2.18. The molecule has 0 radical (unpaired) electrons. The van der Waals surface area contributed by atoms with Crippen molar-refractivity contribution in [2.75, 3.05) is 0 Å². The second-order valence-electron chi connectivity index (χ2n) is 5.43. The molecule has 0 amide bonds. The highest BCUT2D eigenvalue weighted by Gasteiger charge is 2.08. The molecule has 168 valence electrons. The van der Waals surface area contributed by atoms with Gasteiger partial charge in [0.05, 0.1) is 0 Å². The second kappa shape index (κ2) is 17.5. The van der Waals surface area contributed by atoms with Gasteiger partial charge >= 0.3 is 32.7 Å². The smallest absolute Gasteiger partial charge is 0.394 e. The number of carbonyl (C=O) groups is 2. The third-order valence-electron chi connectivity index (χ3n) is 2.87. The Balaban J connectivity index is -0.000000512. The van der Waals surface area contributed by atoms with Crippen LogP contribution in [-0.2, 0) is 30.4 Å². The monoisotopic (exact) mass is 452 g/mol. The van der Waals surface area contributed by atoms with E-state index in [0.717, 1.165) is 25.3 Å². The largest absolute Gasteiger partial charge is 0.478 e. The highest BCUT2D eigenvalue weighted by atomic mass is 32.3. The van der Waals surface area contributed by atoms with Gasteiger partial charge in [-0.25, -0.2) is 9.59 Å². The Kier molecular flexibility index (Phi) is 19.5. The summed E-state index contributed by atoms with van der Waals surface area (Å²) < 4.78 is 63.2. The van der Waals surface area contributed by atoms with Crippen LogP contribution in [0.4, 0.5) is 0 Å². The summed E-state index contributed by atoms with van der Waals surface area (Å²) in [4.78, 5) is 21.2. The van der Waals surface area contributed by atoms with Crippen molar-refractivity contribution in [3.63, 3.8) is 0 Å². The van der Waals surface area contributed by atoms with Crippen LogP contribution in [0.2, 0.25) is 0 Å². The van der Waals surface area contributed by atoms with Crippen LogP contribution in [0.1, 0.15) is 64.7 Å². The summed E-state index contributed by atoms with van der Waals surface area (Å²) in [6, 6.07) is 0. The topological polar surface area (TPSA) is 224 Å². The van der Waals surface area contributed by atoms with Crippen LogP contribution >= 0.6 is 0 Å². The lowest BCUT2D eigenvalue weighted by molar-refractivity contribution is -0.135. The lowest BCUT2D eigenvalue weighted by atomic mass is 10.0. The van der Waals surface area contributed by atoms with E-state index in [2.05, 4.69) is 6.92 Å². The molecular weight excluding hydrogens is 424 g/mol. The van der Waals surface area contributed by atoms with E-state index in [1.54, 1.807) is 0 Å². The Bertz CT molecular complexity index is 618. The van der Waals surface area contributed by atoms with Gasteiger partial charge in [-0.1, -0.05) is 51.9 Å². The fourth-order valence-electron chi connectivity index (χ4n) is 1.84. The quantitative estimate of drug-likeness (QED) is 0.151. The molecule has 0 aliphatic carbocycles. The Morgan fingerprint density at radius 2 is 1.04 bits per heavy atom. The molecule has 0 aliphatic rings. The first kappa shape index (κ1) is 31.1. The van der Waals surface area contributed by atoms with Crippen molar-refractivity contribution < 1.29 is 54.8 Å². The molecule has 6 N–H and O–H groups in total. The third kappa shape index (κ3) is 49.7. The Hall–Kier alpha value is -1.58. The van der Waals surface area contributed by atoms with Gasteiger partial charge in [0.25, 0.3) is 0 Å². The average molecular weight is 453 g/mol. The molecule has 0 saturated carbocycles. The van der Waals surface area contributed by atoms with E-state index < -0.39 is 32.7 Å². The van der Waals surface area contributed by atoms with Crippen LogP contribution in [0.25, 0.3) is 0 Å². The van der Waals surface area contributed by atoms with Crippen molar-refractivity contribution in [3.05, 3.63) is 11.6 Å². The minimum absolute atomic E-state index is 0.00603. The molecule has 0 rings (SSSR count). The molecule has 0 atom stereocenters. The molecule has 0 unspecified atom stereocenters. The first-order chi connectivity index (χ1) is 12.6. The van der Waals surface area contributed by atoms with E-state index in [4.69, 9.17) is 45.3 Å². The normalized spacial score (nSPS) is 11.5. The molecule has 0 aliphatic heterocycles. The van der Waals surface area contributed by atoms with Gasteiger partial charge in [0.1, 0.15) is 0 Å². The minimum Gasteiger partial charge on any atom is -0.478 e.